The number of ether oxygens (including phenoxy) is 1. The summed E-state index contributed by atoms with van der Waals surface area (Å²) in [6.07, 6.45) is 9.50. The van der Waals surface area contributed by atoms with Crippen LogP contribution in [0.15, 0.2) is 47.4 Å². The van der Waals surface area contributed by atoms with Crippen LogP contribution >= 0.6 is 24.0 Å². The van der Waals surface area contributed by atoms with E-state index in [-0.39, 0.29) is 11.9 Å². The highest BCUT2D eigenvalue weighted by Gasteiger charge is 2.31. The number of carbonyl (C=O) groups is 2. The Morgan fingerprint density at radius 3 is 2.74 bits per heavy atom. The van der Waals surface area contributed by atoms with E-state index < -0.39 is 0 Å². The largest absolute Gasteiger partial charge is 0.466 e. The van der Waals surface area contributed by atoms with E-state index in [1.54, 1.807) is 11.0 Å². The average molecular weight is 404 g/mol. The summed E-state index contributed by atoms with van der Waals surface area (Å²) >= 11 is 6.60. The number of carbonyl (C=O) groups excluding carboxylic acids is 2. The Kier molecular flexibility index (Phi) is 9.28. The van der Waals surface area contributed by atoms with Gasteiger partial charge < -0.3 is 4.74 Å². The number of allylic oxidation sites excluding steroid dienone is 2. The van der Waals surface area contributed by atoms with Crippen LogP contribution in [0.5, 0.6) is 0 Å². The molecule has 0 aromatic heterocycles. The van der Waals surface area contributed by atoms with E-state index in [4.69, 9.17) is 17.0 Å². The lowest BCUT2D eigenvalue weighted by Crippen LogP contribution is -2.29. The fraction of sp³-hybridized carbons (Fsp3) is 0.381. The molecule has 6 heteroatoms. The van der Waals surface area contributed by atoms with Gasteiger partial charge in [0.25, 0.3) is 5.91 Å². The quantitative estimate of drug-likeness (QED) is 0.239. The number of amides is 1. The van der Waals surface area contributed by atoms with Crippen molar-refractivity contribution >= 4 is 46.3 Å². The van der Waals surface area contributed by atoms with Crippen LogP contribution in [0, 0.1) is 0 Å². The predicted octanol–water partition coefficient (Wildman–Crippen LogP) is 4.96. The molecule has 0 bridgehead atoms. The number of thiocarbonyl (C=S) groups is 1. The summed E-state index contributed by atoms with van der Waals surface area (Å²) in [4.78, 5) is 26.3. The topological polar surface area (TPSA) is 46.6 Å². The molecule has 0 radical (unpaired) electrons. The summed E-state index contributed by atoms with van der Waals surface area (Å²) in [5, 5.41) is 0. The summed E-state index contributed by atoms with van der Waals surface area (Å²) in [6, 6.07) is 9.89. The van der Waals surface area contributed by atoms with Gasteiger partial charge in [-0.05, 0) is 24.5 Å². The molecular weight excluding hydrogens is 378 g/mol. The maximum Gasteiger partial charge on any atom is 0.305 e. The van der Waals surface area contributed by atoms with Crippen LogP contribution in [-0.4, -0.2) is 34.2 Å². The van der Waals surface area contributed by atoms with Crippen molar-refractivity contribution in [3.05, 3.63) is 53.0 Å². The van der Waals surface area contributed by atoms with Gasteiger partial charge in [-0.1, -0.05) is 86.2 Å². The lowest BCUT2D eigenvalue weighted by molar-refractivity contribution is -0.144. The van der Waals surface area contributed by atoms with E-state index in [2.05, 4.69) is 6.92 Å². The Balaban J connectivity index is 1.77. The highest BCUT2D eigenvalue weighted by molar-refractivity contribution is 8.26. The van der Waals surface area contributed by atoms with Gasteiger partial charge in [-0.3, -0.25) is 14.5 Å². The third-order valence-electron chi connectivity index (χ3n) is 3.98. The number of esters is 1. The molecule has 27 heavy (non-hydrogen) atoms. The molecule has 1 aromatic rings. The molecule has 0 aliphatic carbocycles. The van der Waals surface area contributed by atoms with Crippen molar-refractivity contribution in [1.82, 2.24) is 4.90 Å². The fourth-order valence-corrected chi connectivity index (χ4v) is 3.77. The van der Waals surface area contributed by atoms with E-state index in [1.807, 2.05) is 42.5 Å². The van der Waals surface area contributed by atoms with Crippen LogP contribution in [-0.2, 0) is 14.3 Å². The van der Waals surface area contributed by atoms with Crippen molar-refractivity contribution in [2.24, 2.45) is 0 Å². The number of benzene rings is 1. The first-order valence-electron chi connectivity index (χ1n) is 9.24. The zero-order chi connectivity index (χ0) is 19.5. The standard InChI is InChI=1S/C21H25NO3S2/c1-2-3-7-16-25-19(23)14-9-15-22-20(24)18(27-21(22)26)13-8-12-17-10-5-4-6-11-17/h4-6,8,10-13H,2-3,7,9,14-16H2,1H3. The van der Waals surface area contributed by atoms with Crippen LogP contribution in [0.4, 0.5) is 0 Å². The number of hydrogen-bond acceptors (Lipinski definition) is 5. The summed E-state index contributed by atoms with van der Waals surface area (Å²) in [7, 11) is 0. The van der Waals surface area contributed by atoms with Crippen molar-refractivity contribution in [3.63, 3.8) is 0 Å². The summed E-state index contributed by atoms with van der Waals surface area (Å²) in [6.45, 7) is 3.02. The molecule has 1 amide bonds. The molecule has 144 valence electrons. The second-order valence-corrected chi connectivity index (χ2v) is 7.83. The molecule has 1 fully saturated rings. The molecule has 1 saturated heterocycles. The van der Waals surface area contributed by atoms with Crippen molar-refractivity contribution in [3.8, 4) is 0 Å². The van der Waals surface area contributed by atoms with Gasteiger partial charge in [-0.25, -0.2) is 0 Å². The zero-order valence-corrected chi connectivity index (χ0v) is 17.2. The minimum atomic E-state index is -0.210. The van der Waals surface area contributed by atoms with Gasteiger partial charge in [0.15, 0.2) is 0 Å². The Morgan fingerprint density at radius 2 is 2.00 bits per heavy atom. The van der Waals surface area contributed by atoms with Crippen LogP contribution in [0.2, 0.25) is 0 Å². The Morgan fingerprint density at radius 1 is 1.22 bits per heavy atom. The minimum Gasteiger partial charge on any atom is -0.466 e. The van der Waals surface area contributed by atoms with Gasteiger partial charge in [-0.2, -0.15) is 0 Å². The molecule has 2 rings (SSSR count). The van der Waals surface area contributed by atoms with Crippen LogP contribution in [0.3, 0.4) is 0 Å². The normalized spacial score (nSPS) is 15.9. The fourth-order valence-electron chi connectivity index (χ4n) is 2.51. The maximum absolute atomic E-state index is 12.5. The summed E-state index contributed by atoms with van der Waals surface area (Å²) in [5.74, 6) is -0.308. The monoisotopic (exact) mass is 403 g/mol. The third-order valence-corrected chi connectivity index (χ3v) is 5.38. The summed E-state index contributed by atoms with van der Waals surface area (Å²) in [5.41, 5.74) is 1.07. The van der Waals surface area contributed by atoms with E-state index in [0.717, 1.165) is 24.8 Å². The van der Waals surface area contributed by atoms with Crippen molar-refractivity contribution in [2.75, 3.05) is 13.2 Å². The van der Waals surface area contributed by atoms with Crippen LogP contribution in [0.1, 0.15) is 44.6 Å². The van der Waals surface area contributed by atoms with Crippen molar-refractivity contribution in [2.45, 2.75) is 39.0 Å². The molecular formula is C21H25NO3S2. The molecule has 1 heterocycles. The smallest absolute Gasteiger partial charge is 0.305 e. The van der Waals surface area contributed by atoms with Gasteiger partial charge in [0.1, 0.15) is 4.32 Å². The molecule has 0 saturated carbocycles. The lowest BCUT2D eigenvalue weighted by Gasteiger charge is -2.13. The predicted molar refractivity (Wildman–Crippen MR) is 115 cm³/mol. The van der Waals surface area contributed by atoms with Gasteiger partial charge in [0.2, 0.25) is 0 Å². The molecule has 0 N–H and O–H groups in total. The molecule has 0 atom stereocenters. The van der Waals surface area contributed by atoms with Crippen molar-refractivity contribution in [1.29, 1.82) is 0 Å². The lowest BCUT2D eigenvalue weighted by atomic mass is 10.2. The molecule has 4 nitrogen and oxygen atoms in total. The SMILES string of the molecule is CCCCCOC(=O)CCCN1C(=O)C(=CC=Cc2ccccc2)SC1=S. The third kappa shape index (κ3) is 7.31. The van der Waals surface area contributed by atoms with Crippen molar-refractivity contribution < 1.29 is 14.3 Å². The number of hydrogen-bond donors (Lipinski definition) is 0. The number of unbranched alkanes of at least 4 members (excludes halogenated alkanes) is 2. The highest BCUT2D eigenvalue weighted by atomic mass is 32.2. The number of thioether (sulfide) groups is 1. The van der Waals surface area contributed by atoms with Gasteiger partial charge in [0.05, 0.1) is 11.5 Å². The van der Waals surface area contributed by atoms with E-state index in [0.29, 0.717) is 35.2 Å². The molecule has 0 unspecified atom stereocenters. The average Bonchev–Trinajstić information content (AvgIpc) is 2.94. The summed E-state index contributed by atoms with van der Waals surface area (Å²) < 4.78 is 5.72. The van der Waals surface area contributed by atoms with E-state index >= 15 is 0 Å². The Hall–Kier alpha value is -1.92. The first-order valence-corrected chi connectivity index (χ1v) is 10.5. The highest BCUT2D eigenvalue weighted by Crippen LogP contribution is 2.31. The van der Waals surface area contributed by atoms with Crippen LogP contribution in [0.25, 0.3) is 6.08 Å². The van der Waals surface area contributed by atoms with Gasteiger partial charge in [-0.15, -0.1) is 0 Å². The Bertz CT molecular complexity index is 713. The zero-order valence-electron chi connectivity index (χ0n) is 15.6. The number of nitrogens with zero attached hydrogens (tertiary/aromatic N) is 1. The minimum absolute atomic E-state index is 0.0981. The molecule has 1 aliphatic rings. The first-order chi connectivity index (χ1) is 13.1. The molecule has 1 aromatic carbocycles. The van der Waals surface area contributed by atoms with E-state index in [9.17, 15) is 9.59 Å². The Labute approximate surface area is 170 Å². The van der Waals surface area contributed by atoms with E-state index in [1.165, 1.54) is 11.8 Å². The number of rotatable bonds is 10. The second kappa shape index (κ2) is 11.7. The molecule has 1 aliphatic heterocycles. The second-order valence-electron chi connectivity index (χ2n) is 6.16. The maximum atomic E-state index is 12.5. The first kappa shape index (κ1) is 21.4. The van der Waals surface area contributed by atoms with Gasteiger partial charge >= 0.3 is 5.97 Å². The van der Waals surface area contributed by atoms with Gasteiger partial charge in [0, 0.05) is 13.0 Å². The van der Waals surface area contributed by atoms with Crippen LogP contribution < -0.4 is 0 Å². The molecule has 0 spiro atoms.